The van der Waals surface area contributed by atoms with E-state index in [2.05, 4.69) is 15.6 Å². The quantitative estimate of drug-likeness (QED) is 0.485. The van der Waals surface area contributed by atoms with Gasteiger partial charge in [-0.3, -0.25) is 4.99 Å². The first-order valence-corrected chi connectivity index (χ1v) is 8.49. The molecule has 7 nitrogen and oxygen atoms in total. The molecular formula is C14H24N4O3S. The Morgan fingerprint density at radius 1 is 1.36 bits per heavy atom. The van der Waals surface area contributed by atoms with Gasteiger partial charge in [0.2, 0.25) is 10.0 Å². The highest BCUT2D eigenvalue weighted by Gasteiger charge is 2.07. The molecule has 22 heavy (non-hydrogen) atoms. The van der Waals surface area contributed by atoms with Crippen molar-refractivity contribution < 1.29 is 13.2 Å². The summed E-state index contributed by atoms with van der Waals surface area (Å²) in [4.78, 5) is 4.25. The number of hydrogen-bond donors (Lipinski definition) is 3. The molecule has 0 aliphatic heterocycles. The maximum absolute atomic E-state index is 11.2. The van der Waals surface area contributed by atoms with Gasteiger partial charge in [0.1, 0.15) is 0 Å². The van der Waals surface area contributed by atoms with Gasteiger partial charge >= 0.3 is 0 Å². The Labute approximate surface area is 132 Å². The smallest absolute Gasteiger partial charge is 0.238 e. The second-order valence-electron chi connectivity index (χ2n) is 4.94. The number of benzene rings is 1. The molecule has 0 aliphatic rings. The van der Waals surface area contributed by atoms with E-state index in [1.807, 2.05) is 6.92 Å². The molecule has 1 atom stereocenters. The number of aliphatic imine (C=N–C) groups is 1. The lowest BCUT2D eigenvalue weighted by Crippen LogP contribution is -2.44. The summed E-state index contributed by atoms with van der Waals surface area (Å²) >= 11 is 0. The van der Waals surface area contributed by atoms with Crippen LogP contribution < -0.4 is 15.8 Å². The Kier molecular flexibility index (Phi) is 7.30. The Hall–Kier alpha value is -1.64. The predicted molar refractivity (Wildman–Crippen MR) is 87.4 cm³/mol. The molecule has 0 bridgehead atoms. The number of sulfonamides is 1. The summed E-state index contributed by atoms with van der Waals surface area (Å²) in [6.45, 7) is 3.27. The predicted octanol–water partition coefficient (Wildman–Crippen LogP) is 0.0764. The SMILES string of the molecule is CN=C(NCCc1ccc(S(N)(=O)=O)cc1)NC(C)COC. The molecule has 1 aromatic carbocycles. The van der Waals surface area contributed by atoms with Crippen molar-refractivity contribution in [2.75, 3.05) is 27.3 Å². The highest BCUT2D eigenvalue weighted by molar-refractivity contribution is 7.89. The zero-order chi connectivity index (χ0) is 16.6. The van der Waals surface area contributed by atoms with E-state index < -0.39 is 10.0 Å². The van der Waals surface area contributed by atoms with E-state index in [0.717, 1.165) is 12.0 Å². The first-order chi connectivity index (χ1) is 10.4. The van der Waals surface area contributed by atoms with Gasteiger partial charge in [0, 0.05) is 26.7 Å². The minimum atomic E-state index is -3.63. The summed E-state index contributed by atoms with van der Waals surface area (Å²) < 4.78 is 27.4. The van der Waals surface area contributed by atoms with E-state index >= 15 is 0 Å². The molecule has 0 aromatic heterocycles. The lowest BCUT2D eigenvalue weighted by atomic mass is 10.1. The van der Waals surface area contributed by atoms with Crippen LogP contribution in [0, 0.1) is 0 Å². The van der Waals surface area contributed by atoms with E-state index in [9.17, 15) is 8.42 Å². The molecule has 1 rings (SSSR count). The van der Waals surface area contributed by atoms with Gasteiger partial charge in [-0.25, -0.2) is 13.6 Å². The van der Waals surface area contributed by atoms with Crippen molar-refractivity contribution in [3.05, 3.63) is 29.8 Å². The molecule has 1 aromatic rings. The first kappa shape index (κ1) is 18.4. The topological polar surface area (TPSA) is 106 Å². The normalized spacial score (nSPS) is 13.7. The minimum Gasteiger partial charge on any atom is -0.383 e. The lowest BCUT2D eigenvalue weighted by molar-refractivity contribution is 0.179. The molecule has 0 saturated heterocycles. The Morgan fingerprint density at radius 3 is 2.50 bits per heavy atom. The Morgan fingerprint density at radius 2 is 2.00 bits per heavy atom. The van der Waals surface area contributed by atoms with Gasteiger partial charge in [0.15, 0.2) is 5.96 Å². The van der Waals surface area contributed by atoms with Crippen molar-refractivity contribution in [2.45, 2.75) is 24.3 Å². The average molecular weight is 328 g/mol. The van der Waals surface area contributed by atoms with Crippen molar-refractivity contribution >= 4 is 16.0 Å². The number of primary sulfonamides is 1. The fourth-order valence-corrected chi connectivity index (χ4v) is 2.41. The maximum Gasteiger partial charge on any atom is 0.238 e. The van der Waals surface area contributed by atoms with Gasteiger partial charge < -0.3 is 15.4 Å². The number of nitrogens with two attached hydrogens (primary N) is 1. The summed E-state index contributed by atoms with van der Waals surface area (Å²) in [7, 11) is -0.277. The van der Waals surface area contributed by atoms with Gasteiger partial charge in [0.05, 0.1) is 11.5 Å². The third kappa shape index (κ3) is 6.42. The van der Waals surface area contributed by atoms with Crippen LogP contribution in [-0.4, -0.2) is 47.7 Å². The zero-order valence-electron chi connectivity index (χ0n) is 13.2. The van der Waals surface area contributed by atoms with Gasteiger partial charge in [-0.05, 0) is 31.0 Å². The summed E-state index contributed by atoms with van der Waals surface area (Å²) in [5, 5.41) is 11.5. The number of nitrogens with zero attached hydrogens (tertiary/aromatic N) is 1. The molecular weight excluding hydrogens is 304 g/mol. The van der Waals surface area contributed by atoms with E-state index in [0.29, 0.717) is 19.1 Å². The van der Waals surface area contributed by atoms with Gasteiger partial charge in [0.25, 0.3) is 0 Å². The lowest BCUT2D eigenvalue weighted by Gasteiger charge is -2.17. The van der Waals surface area contributed by atoms with Gasteiger partial charge in [-0.2, -0.15) is 0 Å². The van der Waals surface area contributed by atoms with E-state index in [1.165, 1.54) is 12.1 Å². The summed E-state index contributed by atoms with van der Waals surface area (Å²) in [5.41, 5.74) is 1.01. The number of hydrogen-bond acceptors (Lipinski definition) is 4. The van der Waals surface area contributed by atoms with Crippen LogP contribution in [0.5, 0.6) is 0 Å². The van der Waals surface area contributed by atoms with Gasteiger partial charge in [-0.1, -0.05) is 12.1 Å². The van der Waals surface area contributed by atoms with Crippen LogP contribution in [0.15, 0.2) is 34.2 Å². The third-order valence-electron chi connectivity index (χ3n) is 2.98. The highest BCUT2D eigenvalue weighted by Crippen LogP contribution is 2.08. The maximum atomic E-state index is 11.2. The first-order valence-electron chi connectivity index (χ1n) is 6.94. The van der Waals surface area contributed by atoms with Crippen LogP contribution in [-0.2, 0) is 21.2 Å². The molecule has 0 spiro atoms. The molecule has 0 aliphatic carbocycles. The molecule has 124 valence electrons. The van der Waals surface area contributed by atoms with Crippen molar-refractivity contribution in [3.63, 3.8) is 0 Å². The number of ether oxygens (including phenoxy) is 1. The standard InChI is InChI=1S/C14H24N4O3S/c1-11(10-21-3)18-14(16-2)17-9-8-12-4-6-13(7-5-12)22(15,19)20/h4-7,11H,8-10H2,1-3H3,(H2,15,19,20)(H2,16,17,18). The van der Waals surface area contributed by atoms with Crippen molar-refractivity contribution in [1.29, 1.82) is 0 Å². The Balaban J connectivity index is 2.46. The average Bonchev–Trinajstić information content (AvgIpc) is 2.46. The van der Waals surface area contributed by atoms with Crippen molar-refractivity contribution in [1.82, 2.24) is 10.6 Å². The van der Waals surface area contributed by atoms with Crippen LogP contribution in [0.4, 0.5) is 0 Å². The molecule has 4 N–H and O–H groups in total. The molecule has 1 unspecified atom stereocenters. The molecule has 0 heterocycles. The summed E-state index contributed by atoms with van der Waals surface area (Å²) in [6, 6.07) is 6.69. The van der Waals surface area contributed by atoms with Crippen LogP contribution >= 0.6 is 0 Å². The van der Waals surface area contributed by atoms with Crippen LogP contribution in [0.3, 0.4) is 0 Å². The van der Waals surface area contributed by atoms with Crippen molar-refractivity contribution in [2.24, 2.45) is 10.1 Å². The summed E-state index contributed by atoms with van der Waals surface area (Å²) in [5.74, 6) is 0.700. The fraction of sp³-hybridized carbons (Fsp3) is 0.500. The molecule has 0 saturated carbocycles. The third-order valence-corrected chi connectivity index (χ3v) is 3.91. The number of rotatable bonds is 7. The molecule has 0 fully saturated rings. The van der Waals surface area contributed by atoms with Crippen LogP contribution in [0.25, 0.3) is 0 Å². The van der Waals surface area contributed by atoms with E-state index in [4.69, 9.17) is 9.88 Å². The second kappa shape index (κ2) is 8.72. The van der Waals surface area contributed by atoms with Crippen molar-refractivity contribution in [3.8, 4) is 0 Å². The highest BCUT2D eigenvalue weighted by atomic mass is 32.2. The van der Waals surface area contributed by atoms with Crippen LogP contribution in [0.2, 0.25) is 0 Å². The summed E-state index contributed by atoms with van der Waals surface area (Å²) in [6.07, 6.45) is 0.740. The number of guanidine groups is 1. The fourth-order valence-electron chi connectivity index (χ4n) is 1.89. The Bertz CT molecular complexity index is 585. The van der Waals surface area contributed by atoms with E-state index in [-0.39, 0.29) is 10.9 Å². The largest absolute Gasteiger partial charge is 0.383 e. The number of nitrogens with one attached hydrogen (secondary N) is 2. The molecule has 0 radical (unpaired) electrons. The molecule has 8 heteroatoms. The van der Waals surface area contributed by atoms with Crippen LogP contribution in [0.1, 0.15) is 12.5 Å². The second-order valence-corrected chi connectivity index (χ2v) is 6.50. The number of methoxy groups -OCH3 is 1. The van der Waals surface area contributed by atoms with Gasteiger partial charge in [-0.15, -0.1) is 0 Å². The zero-order valence-corrected chi connectivity index (χ0v) is 14.0. The minimum absolute atomic E-state index is 0.120. The van der Waals surface area contributed by atoms with E-state index in [1.54, 1.807) is 26.3 Å². The monoisotopic (exact) mass is 328 g/mol. The molecule has 0 amide bonds.